The van der Waals surface area contributed by atoms with E-state index in [1.54, 1.807) is 12.1 Å². The molecule has 1 heterocycles. The lowest BCUT2D eigenvalue weighted by atomic mass is 10.1. The molecule has 76 valence electrons. The number of Topliss-reactive ketones (excluding diaryl/α,β-unsaturated/α-hetero) is 1. The maximum absolute atomic E-state index is 11.3. The summed E-state index contributed by atoms with van der Waals surface area (Å²) in [5.74, 6) is 0.239. The van der Waals surface area contributed by atoms with E-state index >= 15 is 0 Å². The number of methoxy groups -OCH3 is 1. The highest BCUT2D eigenvalue weighted by atomic mass is 16.5. The lowest BCUT2D eigenvalue weighted by Crippen LogP contribution is -2.07. The minimum Gasteiger partial charge on any atom is -0.469 e. The predicted molar refractivity (Wildman–Crippen MR) is 48.7 cm³/mol. The molecule has 0 radical (unpaired) electrons. The Hall–Kier alpha value is -1.58. The SMILES string of the molecule is COC(=O)CCC(=O)Cc1ccco1. The molecule has 0 aliphatic heterocycles. The lowest BCUT2D eigenvalue weighted by molar-refractivity contribution is -0.141. The minimum absolute atomic E-state index is 0.0228. The van der Waals surface area contributed by atoms with Gasteiger partial charge in [-0.25, -0.2) is 0 Å². The topological polar surface area (TPSA) is 56.5 Å². The molecule has 14 heavy (non-hydrogen) atoms. The van der Waals surface area contributed by atoms with Crippen molar-refractivity contribution >= 4 is 11.8 Å². The molecule has 0 aliphatic carbocycles. The van der Waals surface area contributed by atoms with E-state index in [0.717, 1.165) is 0 Å². The van der Waals surface area contributed by atoms with Gasteiger partial charge in [-0.2, -0.15) is 0 Å². The molecule has 0 amide bonds. The molecule has 0 aliphatic rings. The fraction of sp³-hybridized carbons (Fsp3) is 0.400. The van der Waals surface area contributed by atoms with Crippen molar-refractivity contribution < 1.29 is 18.7 Å². The van der Waals surface area contributed by atoms with E-state index in [1.807, 2.05) is 0 Å². The Morgan fingerprint density at radius 2 is 2.21 bits per heavy atom. The molecular formula is C10H12O4. The van der Waals surface area contributed by atoms with Crippen molar-refractivity contribution in [2.24, 2.45) is 0 Å². The van der Waals surface area contributed by atoms with Crippen LogP contribution in [0.25, 0.3) is 0 Å². The normalized spacial score (nSPS) is 9.79. The smallest absolute Gasteiger partial charge is 0.305 e. The third kappa shape index (κ3) is 3.43. The monoisotopic (exact) mass is 196 g/mol. The Labute approximate surface area is 81.9 Å². The predicted octanol–water partition coefficient (Wildman–Crippen LogP) is 1.34. The Bertz CT molecular complexity index is 300. The van der Waals surface area contributed by atoms with Gasteiger partial charge in [0, 0.05) is 6.42 Å². The quantitative estimate of drug-likeness (QED) is 0.667. The van der Waals surface area contributed by atoms with Crippen LogP contribution < -0.4 is 0 Å². The molecule has 0 spiro atoms. The number of carbonyl (C=O) groups is 2. The van der Waals surface area contributed by atoms with Crippen molar-refractivity contribution in [3.8, 4) is 0 Å². The molecule has 0 saturated carbocycles. The molecule has 1 rings (SSSR count). The van der Waals surface area contributed by atoms with Crippen molar-refractivity contribution in [2.75, 3.05) is 7.11 Å². The molecule has 1 aromatic rings. The number of hydrogen-bond donors (Lipinski definition) is 0. The van der Waals surface area contributed by atoms with Gasteiger partial charge in [0.05, 0.1) is 26.2 Å². The van der Waals surface area contributed by atoms with Crippen LogP contribution in [0.5, 0.6) is 0 Å². The van der Waals surface area contributed by atoms with Crippen LogP contribution in [0.2, 0.25) is 0 Å². The largest absolute Gasteiger partial charge is 0.469 e. The van der Waals surface area contributed by atoms with E-state index < -0.39 is 0 Å². The second kappa shape index (κ2) is 5.21. The van der Waals surface area contributed by atoms with Crippen molar-refractivity contribution in [1.29, 1.82) is 0 Å². The van der Waals surface area contributed by atoms with Crippen molar-refractivity contribution in [2.45, 2.75) is 19.3 Å². The van der Waals surface area contributed by atoms with Gasteiger partial charge in [0.15, 0.2) is 0 Å². The average molecular weight is 196 g/mol. The van der Waals surface area contributed by atoms with Crippen LogP contribution >= 0.6 is 0 Å². The second-order valence-electron chi connectivity index (χ2n) is 2.87. The zero-order valence-electron chi connectivity index (χ0n) is 7.99. The summed E-state index contributed by atoms with van der Waals surface area (Å²) in [7, 11) is 1.30. The number of ether oxygens (including phenoxy) is 1. The van der Waals surface area contributed by atoms with Crippen molar-refractivity contribution in [1.82, 2.24) is 0 Å². The summed E-state index contributed by atoms with van der Waals surface area (Å²) >= 11 is 0. The lowest BCUT2D eigenvalue weighted by Gasteiger charge is -1.97. The molecule has 0 unspecified atom stereocenters. The highest BCUT2D eigenvalue weighted by Gasteiger charge is 2.08. The standard InChI is InChI=1S/C10H12O4/c1-13-10(12)5-4-8(11)7-9-3-2-6-14-9/h2-3,6H,4-5,7H2,1H3. The van der Waals surface area contributed by atoms with Gasteiger partial charge in [0.25, 0.3) is 0 Å². The Morgan fingerprint density at radius 1 is 1.43 bits per heavy atom. The summed E-state index contributed by atoms with van der Waals surface area (Å²) in [6.07, 6.45) is 2.09. The molecule has 0 saturated heterocycles. The third-order valence-electron chi connectivity index (χ3n) is 1.79. The molecule has 0 aromatic carbocycles. The van der Waals surface area contributed by atoms with Gasteiger partial charge in [0.2, 0.25) is 0 Å². The van der Waals surface area contributed by atoms with Crippen LogP contribution in [0.4, 0.5) is 0 Å². The molecule has 0 N–H and O–H groups in total. The Balaban J connectivity index is 2.26. The Morgan fingerprint density at radius 3 is 2.79 bits per heavy atom. The van der Waals surface area contributed by atoms with E-state index in [4.69, 9.17) is 4.42 Å². The molecule has 0 bridgehead atoms. The third-order valence-corrected chi connectivity index (χ3v) is 1.79. The number of carbonyl (C=O) groups excluding carboxylic acids is 2. The molecule has 4 heteroatoms. The highest BCUT2D eigenvalue weighted by Crippen LogP contribution is 2.04. The van der Waals surface area contributed by atoms with Gasteiger partial charge in [-0.15, -0.1) is 0 Å². The zero-order chi connectivity index (χ0) is 10.4. The van der Waals surface area contributed by atoms with Gasteiger partial charge in [-0.05, 0) is 12.1 Å². The van der Waals surface area contributed by atoms with Crippen LogP contribution in [-0.4, -0.2) is 18.9 Å². The number of rotatable bonds is 5. The molecule has 4 nitrogen and oxygen atoms in total. The van der Waals surface area contributed by atoms with Crippen LogP contribution in [0.15, 0.2) is 22.8 Å². The highest BCUT2D eigenvalue weighted by molar-refractivity contribution is 5.84. The average Bonchev–Trinajstić information content (AvgIpc) is 2.66. The number of furan rings is 1. The van der Waals surface area contributed by atoms with Crippen LogP contribution in [0.1, 0.15) is 18.6 Å². The van der Waals surface area contributed by atoms with Gasteiger partial charge in [-0.3, -0.25) is 9.59 Å². The summed E-state index contributed by atoms with van der Waals surface area (Å²) in [4.78, 5) is 22.0. The summed E-state index contributed by atoms with van der Waals surface area (Å²) in [5, 5.41) is 0. The number of ketones is 1. The summed E-state index contributed by atoms with van der Waals surface area (Å²) < 4.78 is 9.42. The first-order valence-corrected chi connectivity index (χ1v) is 4.33. The van der Waals surface area contributed by atoms with Crippen molar-refractivity contribution in [3.05, 3.63) is 24.2 Å². The van der Waals surface area contributed by atoms with Gasteiger partial charge < -0.3 is 9.15 Å². The van der Waals surface area contributed by atoms with Gasteiger partial charge in [0.1, 0.15) is 11.5 Å². The maximum atomic E-state index is 11.3. The fourth-order valence-electron chi connectivity index (χ4n) is 1.04. The first kappa shape index (κ1) is 10.5. The maximum Gasteiger partial charge on any atom is 0.305 e. The minimum atomic E-state index is -0.363. The van der Waals surface area contributed by atoms with Crippen molar-refractivity contribution in [3.63, 3.8) is 0 Å². The number of hydrogen-bond acceptors (Lipinski definition) is 4. The molecule has 0 atom stereocenters. The van der Waals surface area contributed by atoms with E-state index in [9.17, 15) is 9.59 Å². The molecule has 0 fully saturated rings. The van der Waals surface area contributed by atoms with Crippen LogP contribution in [-0.2, 0) is 20.7 Å². The molecule has 1 aromatic heterocycles. The zero-order valence-corrected chi connectivity index (χ0v) is 7.99. The molecular weight excluding hydrogens is 184 g/mol. The summed E-state index contributed by atoms with van der Waals surface area (Å²) in [6, 6.07) is 3.46. The van der Waals surface area contributed by atoms with E-state index in [1.165, 1.54) is 13.4 Å². The second-order valence-corrected chi connectivity index (χ2v) is 2.87. The Kier molecular flexibility index (Phi) is 3.91. The first-order chi connectivity index (χ1) is 6.72. The summed E-state index contributed by atoms with van der Waals surface area (Å²) in [5.41, 5.74) is 0. The van der Waals surface area contributed by atoms with Gasteiger partial charge >= 0.3 is 5.97 Å². The van der Waals surface area contributed by atoms with E-state index in [0.29, 0.717) is 5.76 Å². The van der Waals surface area contributed by atoms with Gasteiger partial charge in [-0.1, -0.05) is 0 Å². The fourth-order valence-corrected chi connectivity index (χ4v) is 1.04. The first-order valence-electron chi connectivity index (χ1n) is 4.33. The van der Waals surface area contributed by atoms with E-state index in [-0.39, 0.29) is 31.0 Å². The van der Waals surface area contributed by atoms with Crippen LogP contribution in [0.3, 0.4) is 0 Å². The van der Waals surface area contributed by atoms with E-state index in [2.05, 4.69) is 4.74 Å². The number of esters is 1. The summed E-state index contributed by atoms with van der Waals surface area (Å²) in [6.45, 7) is 0. The van der Waals surface area contributed by atoms with Crippen LogP contribution in [0, 0.1) is 0 Å².